The Labute approximate surface area is 152 Å². The molecule has 6 heteroatoms. The van der Waals surface area contributed by atoms with Gasteiger partial charge in [0, 0.05) is 17.3 Å². The molecule has 0 radical (unpaired) electrons. The van der Waals surface area contributed by atoms with Gasteiger partial charge in [-0.15, -0.1) is 0 Å². The van der Waals surface area contributed by atoms with Gasteiger partial charge in [0.15, 0.2) is 11.3 Å². The fourth-order valence-electron chi connectivity index (χ4n) is 3.20. The highest BCUT2D eigenvalue weighted by Gasteiger charge is 2.30. The van der Waals surface area contributed by atoms with Gasteiger partial charge in [-0.25, -0.2) is 9.97 Å². The van der Waals surface area contributed by atoms with Crippen LogP contribution in [0.1, 0.15) is 35.9 Å². The number of fused-ring (bicyclic) bond motifs is 1. The molecule has 1 aliphatic carbocycles. The lowest BCUT2D eigenvalue weighted by atomic mass is 10.1. The quantitative estimate of drug-likeness (QED) is 0.767. The van der Waals surface area contributed by atoms with Crippen LogP contribution in [0.3, 0.4) is 0 Å². The van der Waals surface area contributed by atoms with Gasteiger partial charge in [-0.05, 0) is 50.8 Å². The van der Waals surface area contributed by atoms with Gasteiger partial charge in [0.1, 0.15) is 12.1 Å². The van der Waals surface area contributed by atoms with Crippen LogP contribution in [0, 0.1) is 12.8 Å². The van der Waals surface area contributed by atoms with Crippen LogP contribution in [0.5, 0.6) is 5.75 Å². The van der Waals surface area contributed by atoms with Crippen LogP contribution < -0.4 is 10.1 Å². The van der Waals surface area contributed by atoms with Crippen LogP contribution in [-0.2, 0) is 0 Å². The highest BCUT2D eigenvalue weighted by atomic mass is 16.5. The molecule has 0 saturated heterocycles. The smallest absolute Gasteiger partial charge is 0.274 e. The first kappa shape index (κ1) is 16.6. The minimum absolute atomic E-state index is 0.165. The van der Waals surface area contributed by atoms with Gasteiger partial charge in [-0.3, -0.25) is 9.20 Å². The van der Waals surface area contributed by atoms with E-state index in [9.17, 15) is 4.79 Å². The second kappa shape index (κ2) is 6.44. The molecule has 1 N–H and O–H groups in total. The van der Waals surface area contributed by atoms with E-state index in [4.69, 9.17) is 9.72 Å². The summed E-state index contributed by atoms with van der Waals surface area (Å²) in [5.74, 6) is 1.20. The summed E-state index contributed by atoms with van der Waals surface area (Å²) in [5.41, 5.74) is 3.64. The van der Waals surface area contributed by atoms with Crippen molar-refractivity contribution in [3.8, 4) is 17.0 Å². The lowest BCUT2D eigenvalue weighted by Crippen LogP contribution is -2.34. The molecule has 1 aromatic carbocycles. The number of rotatable bonds is 5. The molecule has 1 aliphatic rings. The number of nitrogens with one attached hydrogen (secondary N) is 1. The maximum absolute atomic E-state index is 12.7. The number of nitrogens with zero attached hydrogens (tertiary/aromatic N) is 3. The summed E-state index contributed by atoms with van der Waals surface area (Å²) in [6.45, 7) is 4.03. The Morgan fingerprint density at radius 3 is 2.88 bits per heavy atom. The molecule has 0 bridgehead atoms. The van der Waals surface area contributed by atoms with Crippen LogP contribution in [0.2, 0.25) is 0 Å². The minimum atomic E-state index is -0.165. The second-order valence-corrected chi connectivity index (χ2v) is 6.90. The Hall–Kier alpha value is -2.89. The van der Waals surface area contributed by atoms with Crippen LogP contribution in [0.15, 0.2) is 36.7 Å². The average Bonchev–Trinajstić information content (AvgIpc) is 3.41. The van der Waals surface area contributed by atoms with E-state index in [1.807, 2.05) is 48.6 Å². The van der Waals surface area contributed by atoms with E-state index in [1.165, 1.54) is 12.8 Å². The number of aromatic nitrogens is 3. The zero-order valence-electron chi connectivity index (χ0n) is 15.2. The predicted molar refractivity (Wildman–Crippen MR) is 99.4 cm³/mol. The number of hydrogen-bond acceptors (Lipinski definition) is 4. The Morgan fingerprint density at radius 1 is 1.35 bits per heavy atom. The number of benzene rings is 1. The molecule has 6 nitrogen and oxygen atoms in total. The van der Waals surface area contributed by atoms with Gasteiger partial charge in [-0.2, -0.15) is 0 Å². The second-order valence-electron chi connectivity index (χ2n) is 6.90. The van der Waals surface area contributed by atoms with Crippen molar-refractivity contribution < 1.29 is 9.53 Å². The maximum atomic E-state index is 12.7. The van der Waals surface area contributed by atoms with Gasteiger partial charge in [-0.1, -0.05) is 12.1 Å². The average molecular weight is 350 g/mol. The fourth-order valence-corrected chi connectivity index (χ4v) is 3.20. The minimum Gasteiger partial charge on any atom is -0.497 e. The first-order valence-electron chi connectivity index (χ1n) is 8.87. The summed E-state index contributed by atoms with van der Waals surface area (Å²) >= 11 is 0. The van der Waals surface area contributed by atoms with Crippen LogP contribution in [-0.4, -0.2) is 33.4 Å². The standard InChI is InChI=1S/C20H22N4O2/c1-12-9-17(15-5-4-6-16(10-15)26-3)23-19-18(21-11-24(12)19)20(25)22-13(2)14-7-8-14/h4-6,9-11,13-14H,7-8H2,1-3H3,(H,22,25)/t13-/m0/s1. The van der Waals surface area contributed by atoms with Crippen LogP contribution in [0.4, 0.5) is 0 Å². The largest absolute Gasteiger partial charge is 0.497 e. The number of aryl methyl sites for hydroxylation is 1. The first-order valence-corrected chi connectivity index (χ1v) is 8.87. The van der Waals surface area contributed by atoms with Crippen molar-refractivity contribution in [2.75, 3.05) is 7.11 Å². The lowest BCUT2D eigenvalue weighted by Gasteiger charge is -2.12. The molecule has 4 rings (SSSR count). The molecule has 2 heterocycles. The van der Waals surface area contributed by atoms with E-state index in [1.54, 1.807) is 13.4 Å². The predicted octanol–water partition coefficient (Wildman–Crippen LogP) is 3.24. The first-order chi connectivity index (χ1) is 12.6. The maximum Gasteiger partial charge on any atom is 0.274 e. The topological polar surface area (TPSA) is 68.5 Å². The van der Waals surface area contributed by atoms with Gasteiger partial charge in [0.05, 0.1) is 12.8 Å². The number of ether oxygens (including phenoxy) is 1. The number of carbonyl (C=O) groups excluding carboxylic acids is 1. The van der Waals surface area contributed by atoms with E-state index in [2.05, 4.69) is 10.3 Å². The molecule has 26 heavy (non-hydrogen) atoms. The van der Waals surface area contributed by atoms with Gasteiger partial charge in [0.25, 0.3) is 5.91 Å². The van der Waals surface area contributed by atoms with Crippen molar-refractivity contribution in [3.05, 3.63) is 48.0 Å². The van der Waals surface area contributed by atoms with Crippen molar-refractivity contribution >= 4 is 11.6 Å². The highest BCUT2D eigenvalue weighted by molar-refractivity contribution is 5.98. The molecule has 1 saturated carbocycles. The Bertz CT molecular complexity index is 975. The van der Waals surface area contributed by atoms with Crippen molar-refractivity contribution in [2.45, 2.75) is 32.7 Å². The summed E-state index contributed by atoms with van der Waals surface area (Å²) in [6.07, 6.45) is 4.02. The fraction of sp³-hybridized carbons (Fsp3) is 0.350. The molecule has 1 amide bonds. The Morgan fingerprint density at radius 2 is 2.15 bits per heavy atom. The van der Waals surface area contributed by atoms with E-state index >= 15 is 0 Å². The molecular formula is C20H22N4O2. The van der Waals surface area contributed by atoms with Crippen molar-refractivity contribution in [3.63, 3.8) is 0 Å². The van der Waals surface area contributed by atoms with Crippen LogP contribution in [0.25, 0.3) is 16.9 Å². The third kappa shape index (κ3) is 3.03. The molecule has 134 valence electrons. The van der Waals surface area contributed by atoms with E-state index in [0.717, 1.165) is 22.7 Å². The third-order valence-corrected chi connectivity index (χ3v) is 4.96. The third-order valence-electron chi connectivity index (χ3n) is 4.96. The highest BCUT2D eigenvalue weighted by Crippen LogP contribution is 2.32. The number of carbonyl (C=O) groups is 1. The van der Waals surface area contributed by atoms with Crippen LogP contribution >= 0.6 is 0 Å². The Balaban J connectivity index is 1.73. The molecule has 0 unspecified atom stereocenters. The molecule has 0 aliphatic heterocycles. The van der Waals surface area contributed by atoms with Crippen molar-refractivity contribution in [1.29, 1.82) is 0 Å². The molecular weight excluding hydrogens is 328 g/mol. The zero-order valence-corrected chi connectivity index (χ0v) is 15.2. The van der Waals surface area contributed by atoms with Gasteiger partial charge < -0.3 is 10.1 Å². The van der Waals surface area contributed by atoms with E-state index in [-0.39, 0.29) is 11.9 Å². The van der Waals surface area contributed by atoms with Gasteiger partial charge >= 0.3 is 0 Å². The number of methoxy groups -OCH3 is 1. The number of amides is 1. The summed E-state index contributed by atoms with van der Waals surface area (Å²) in [6, 6.07) is 9.89. The zero-order chi connectivity index (χ0) is 18.3. The molecule has 1 fully saturated rings. The van der Waals surface area contributed by atoms with E-state index < -0.39 is 0 Å². The summed E-state index contributed by atoms with van der Waals surface area (Å²) in [4.78, 5) is 21.7. The molecule has 3 aromatic rings. The molecule has 1 atom stereocenters. The molecule has 2 aromatic heterocycles. The molecule has 0 spiro atoms. The van der Waals surface area contributed by atoms with E-state index in [0.29, 0.717) is 17.3 Å². The van der Waals surface area contributed by atoms with Crippen molar-refractivity contribution in [2.24, 2.45) is 5.92 Å². The SMILES string of the molecule is COc1cccc(-c2cc(C)n3cnc(C(=O)N[C@@H](C)C4CC4)c3n2)c1. The van der Waals surface area contributed by atoms with Gasteiger partial charge in [0.2, 0.25) is 0 Å². The monoisotopic (exact) mass is 350 g/mol. The van der Waals surface area contributed by atoms with Crippen molar-refractivity contribution in [1.82, 2.24) is 19.7 Å². The summed E-state index contributed by atoms with van der Waals surface area (Å²) in [7, 11) is 1.64. The lowest BCUT2D eigenvalue weighted by molar-refractivity contribution is 0.0933. The number of imidazole rings is 1. The Kier molecular flexibility index (Phi) is 4.11. The number of hydrogen-bond donors (Lipinski definition) is 1. The normalized spacial score (nSPS) is 15.0. The summed E-state index contributed by atoms with van der Waals surface area (Å²) in [5, 5.41) is 3.06. The summed E-state index contributed by atoms with van der Waals surface area (Å²) < 4.78 is 7.15.